The summed E-state index contributed by atoms with van der Waals surface area (Å²) in [6, 6.07) is 7.07. The summed E-state index contributed by atoms with van der Waals surface area (Å²) in [6.07, 6.45) is -3.45. The second-order valence-electron chi connectivity index (χ2n) is 5.52. The molecule has 3 nitrogen and oxygen atoms in total. The number of carbonyl (C=O) groups is 1. The van der Waals surface area contributed by atoms with Crippen LogP contribution in [0.1, 0.15) is 31.2 Å². The van der Waals surface area contributed by atoms with Gasteiger partial charge in [-0.25, -0.2) is 0 Å². The van der Waals surface area contributed by atoms with Gasteiger partial charge >= 0.3 is 12.1 Å². The predicted octanol–water partition coefficient (Wildman–Crippen LogP) is 4.11. The van der Waals surface area contributed by atoms with Crippen LogP contribution in [0.2, 0.25) is 0 Å². The maximum atomic E-state index is 12.8. The van der Waals surface area contributed by atoms with Crippen molar-refractivity contribution in [3.05, 3.63) is 29.8 Å². The van der Waals surface area contributed by atoms with Gasteiger partial charge in [0.15, 0.2) is 0 Å². The number of methoxy groups -OCH3 is 1. The standard InChI is InChI=1S/C16H19F3O3/c1-21-14-8-3-2-5-12(14)10-22-15(20)11-6-4-7-13(9-11)16(17,18)19/h2-3,5,8,11,13H,4,6-7,9-10H2,1H3. The van der Waals surface area contributed by atoms with Crippen molar-refractivity contribution in [3.8, 4) is 5.75 Å². The van der Waals surface area contributed by atoms with E-state index in [0.717, 1.165) is 0 Å². The molecule has 0 aliphatic heterocycles. The summed E-state index contributed by atoms with van der Waals surface area (Å²) in [7, 11) is 1.51. The largest absolute Gasteiger partial charge is 0.496 e. The highest BCUT2D eigenvalue weighted by atomic mass is 19.4. The van der Waals surface area contributed by atoms with E-state index < -0.39 is 24.0 Å². The highest BCUT2D eigenvalue weighted by molar-refractivity contribution is 5.72. The Kier molecular flexibility index (Phi) is 5.32. The first-order valence-electron chi connectivity index (χ1n) is 7.27. The fourth-order valence-corrected chi connectivity index (χ4v) is 2.79. The maximum Gasteiger partial charge on any atom is 0.391 e. The van der Waals surface area contributed by atoms with Gasteiger partial charge in [0, 0.05) is 5.56 Å². The summed E-state index contributed by atoms with van der Waals surface area (Å²) in [5.41, 5.74) is 0.696. The second kappa shape index (κ2) is 7.03. The Hall–Kier alpha value is -1.72. The van der Waals surface area contributed by atoms with Crippen molar-refractivity contribution in [3.63, 3.8) is 0 Å². The normalized spacial score (nSPS) is 22.2. The van der Waals surface area contributed by atoms with E-state index in [-0.39, 0.29) is 19.4 Å². The lowest BCUT2D eigenvalue weighted by Gasteiger charge is -2.29. The topological polar surface area (TPSA) is 35.5 Å². The molecule has 0 aromatic heterocycles. The Morgan fingerprint density at radius 2 is 2.00 bits per heavy atom. The number of ether oxygens (including phenoxy) is 2. The van der Waals surface area contributed by atoms with Crippen LogP contribution in [0.4, 0.5) is 13.2 Å². The van der Waals surface area contributed by atoms with Crippen molar-refractivity contribution in [2.75, 3.05) is 7.11 Å². The van der Waals surface area contributed by atoms with Crippen LogP contribution in [0.3, 0.4) is 0 Å². The molecule has 0 N–H and O–H groups in total. The molecule has 0 bridgehead atoms. The van der Waals surface area contributed by atoms with Gasteiger partial charge in [-0.1, -0.05) is 24.6 Å². The van der Waals surface area contributed by atoms with Crippen molar-refractivity contribution in [2.45, 2.75) is 38.5 Å². The van der Waals surface area contributed by atoms with Crippen LogP contribution >= 0.6 is 0 Å². The summed E-state index contributed by atoms with van der Waals surface area (Å²) in [5.74, 6) is -2.04. The number of para-hydroxylation sites is 1. The number of carbonyl (C=O) groups excluding carboxylic acids is 1. The lowest BCUT2D eigenvalue weighted by Crippen LogP contribution is -2.32. The molecule has 1 aromatic rings. The molecule has 0 spiro atoms. The van der Waals surface area contributed by atoms with Crippen molar-refractivity contribution in [2.24, 2.45) is 11.8 Å². The molecule has 0 heterocycles. The van der Waals surface area contributed by atoms with Gasteiger partial charge in [0.05, 0.1) is 18.9 Å². The zero-order chi connectivity index (χ0) is 16.2. The number of alkyl halides is 3. The molecule has 1 aliphatic rings. The molecule has 22 heavy (non-hydrogen) atoms. The lowest BCUT2D eigenvalue weighted by molar-refractivity contribution is -0.189. The van der Waals surface area contributed by atoms with E-state index in [1.165, 1.54) is 7.11 Å². The molecule has 2 atom stereocenters. The molecule has 1 saturated carbocycles. The van der Waals surface area contributed by atoms with Gasteiger partial charge in [0.25, 0.3) is 0 Å². The van der Waals surface area contributed by atoms with Crippen LogP contribution in [-0.2, 0) is 16.1 Å². The van der Waals surface area contributed by atoms with E-state index in [2.05, 4.69) is 0 Å². The smallest absolute Gasteiger partial charge is 0.391 e. The molecule has 0 amide bonds. The summed E-state index contributed by atoms with van der Waals surface area (Å²) < 4.78 is 48.6. The molecule has 0 saturated heterocycles. The molecule has 2 rings (SSSR count). The third-order valence-electron chi connectivity index (χ3n) is 4.03. The van der Waals surface area contributed by atoms with E-state index in [0.29, 0.717) is 24.2 Å². The van der Waals surface area contributed by atoms with E-state index in [9.17, 15) is 18.0 Å². The molecular weight excluding hydrogens is 297 g/mol. The minimum atomic E-state index is -4.23. The Balaban J connectivity index is 1.92. The number of halogens is 3. The van der Waals surface area contributed by atoms with Crippen molar-refractivity contribution in [1.82, 2.24) is 0 Å². The number of esters is 1. The average Bonchev–Trinajstić information content (AvgIpc) is 2.52. The molecule has 122 valence electrons. The van der Waals surface area contributed by atoms with Gasteiger partial charge in [0.1, 0.15) is 12.4 Å². The van der Waals surface area contributed by atoms with E-state index in [1.807, 2.05) is 0 Å². The molecule has 6 heteroatoms. The van der Waals surface area contributed by atoms with Crippen LogP contribution in [0, 0.1) is 11.8 Å². The predicted molar refractivity (Wildman–Crippen MR) is 74.3 cm³/mol. The van der Waals surface area contributed by atoms with Gasteiger partial charge < -0.3 is 9.47 Å². The molecule has 2 unspecified atom stereocenters. The van der Waals surface area contributed by atoms with E-state index in [4.69, 9.17) is 9.47 Å². The van der Waals surface area contributed by atoms with Crippen molar-refractivity contribution >= 4 is 5.97 Å². The third-order valence-corrected chi connectivity index (χ3v) is 4.03. The lowest BCUT2D eigenvalue weighted by atomic mass is 9.81. The Bertz CT molecular complexity index is 514. The minimum Gasteiger partial charge on any atom is -0.496 e. The van der Waals surface area contributed by atoms with Gasteiger partial charge in [-0.2, -0.15) is 13.2 Å². The van der Waals surface area contributed by atoms with Gasteiger partial charge in [-0.3, -0.25) is 4.79 Å². The maximum absolute atomic E-state index is 12.8. The fourth-order valence-electron chi connectivity index (χ4n) is 2.79. The third kappa shape index (κ3) is 4.15. The van der Waals surface area contributed by atoms with Gasteiger partial charge in [-0.05, 0) is 25.3 Å². The quantitative estimate of drug-likeness (QED) is 0.784. The summed E-state index contributed by atoms with van der Waals surface area (Å²) in [6.45, 7) is 0.00995. The molecule has 1 aromatic carbocycles. The second-order valence-corrected chi connectivity index (χ2v) is 5.52. The van der Waals surface area contributed by atoms with Crippen LogP contribution in [-0.4, -0.2) is 19.3 Å². The van der Waals surface area contributed by atoms with Crippen molar-refractivity contribution in [1.29, 1.82) is 0 Å². The van der Waals surface area contributed by atoms with E-state index >= 15 is 0 Å². The summed E-state index contributed by atoms with van der Waals surface area (Å²) in [5, 5.41) is 0. The number of rotatable bonds is 4. The number of benzene rings is 1. The SMILES string of the molecule is COc1ccccc1COC(=O)C1CCCC(C(F)(F)F)C1. The molecule has 0 radical (unpaired) electrons. The van der Waals surface area contributed by atoms with Crippen LogP contribution < -0.4 is 4.74 Å². The van der Waals surface area contributed by atoms with Crippen LogP contribution in [0.5, 0.6) is 5.75 Å². The Morgan fingerprint density at radius 1 is 1.27 bits per heavy atom. The van der Waals surface area contributed by atoms with Crippen molar-refractivity contribution < 1.29 is 27.4 Å². The molecular formula is C16H19F3O3. The summed E-state index contributed by atoms with van der Waals surface area (Å²) in [4.78, 5) is 12.0. The highest BCUT2D eigenvalue weighted by Crippen LogP contribution is 2.40. The first-order valence-corrected chi connectivity index (χ1v) is 7.27. The van der Waals surface area contributed by atoms with Crippen LogP contribution in [0.25, 0.3) is 0 Å². The Labute approximate surface area is 127 Å². The first-order chi connectivity index (χ1) is 10.4. The zero-order valence-corrected chi connectivity index (χ0v) is 12.4. The number of hydrogen-bond acceptors (Lipinski definition) is 3. The highest BCUT2D eigenvalue weighted by Gasteiger charge is 2.43. The average molecular weight is 316 g/mol. The molecule has 1 aliphatic carbocycles. The van der Waals surface area contributed by atoms with Gasteiger partial charge in [0.2, 0.25) is 0 Å². The zero-order valence-electron chi connectivity index (χ0n) is 12.4. The monoisotopic (exact) mass is 316 g/mol. The summed E-state index contributed by atoms with van der Waals surface area (Å²) >= 11 is 0. The van der Waals surface area contributed by atoms with Gasteiger partial charge in [-0.15, -0.1) is 0 Å². The first kappa shape index (κ1) is 16.6. The molecule has 1 fully saturated rings. The fraction of sp³-hybridized carbons (Fsp3) is 0.562. The Morgan fingerprint density at radius 3 is 2.68 bits per heavy atom. The minimum absolute atomic E-state index is 0.00995. The number of hydrogen-bond donors (Lipinski definition) is 0. The van der Waals surface area contributed by atoms with Crippen LogP contribution in [0.15, 0.2) is 24.3 Å². The van der Waals surface area contributed by atoms with E-state index in [1.54, 1.807) is 24.3 Å².